The van der Waals surface area contributed by atoms with Crippen molar-refractivity contribution < 1.29 is 17.6 Å². The number of carbonyl (C=O) groups excluding carboxylic acids is 1. The summed E-state index contributed by atoms with van der Waals surface area (Å²) in [7, 11) is -3.73. The molecule has 7 nitrogen and oxygen atoms in total. The Morgan fingerprint density at radius 1 is 1.16 bits per heavy atom. The topological polar surface area (TPSA) is 92.5 Å². The van der Waals surface area contributed by atoms with E-state index in [4.69, 9.17) is 27.6 Å². The number of nitrogens with one attached hydrogen (secondary N) is 1. The van der Waals surface area contributed by atoms with Crippen molar-refractivity contribution in [3.8, 4) is 0 Å². The molecule has 170 valence electrons. The Morgan fingerprint density at radius 3 is 2.56 bits per heavy atom. The van der Waals surface area contributed by atoms with E-state index < -0.39 is 10.0 Å². The van der Waals surface area contributed by atoms with Crippen LogP contribution in [0.1, 0.15) is 48.9 Å². The molecule has 2 aromatic carbocycles. The van der Waals surface area contributed by atoms with Crippen LogP contribution < -0.4 is 4.72 Å². The fourth-order valence-corrected chi connectivity index (χ4v) is 5.45. The number of rotatable bonds is 5. The Morgan fingerprint density at radius 2 is 1.88 bits per heavy atom. The highest BCUT2D eigenvalue weighted by atomic mass is 35.5. The molecule has 0 aliphatic carbocycles. The lowest BCUT2D eigenvalue weighted by Crippen LogP contribution is -2.38. The SMILES string of the molecule is CC(C)NS(=O)(=O)c1ccc(Cl)c(C(=O)N2CCC(c3nc4cc(Cl)ccc4o3)CC2)c1. The number of nitrogens with zero attached hydrogens (tertiary/aromatic N) is 2. The van der Waals surface area contributed by atoms with Crippen LogP contribution in [0, 0.1) is 0 Å². The Labute approximate surface area is 196 Å². The van der Waals surface area contributed by atoms with Gasteiger partial charge in [-0.05, 0) is 63.1 Å². The van der Waals surface area contributed by atoms with Crippen molar-refractivity contribution in [2.75, 3.05) is 13.1 Å². The lowest BCUT2D eigenvalue weighted by molar-refractivity contribution is 0.0706. The van der Waals surface area contributed by atoms with E-state index in [2.05, 4.69) is 9.71 Å². The highest BCUT2D eigenvalue weighted by molar-refractivity contribution is 7.89. The predicted octanol–water partition coefficient (Wildman–Crippen LogP) is 4.84. The number of piperidine rings is 1. The Hall–Kier alpha value is -2.13. The predicted molar refractivity (Wildman–Crippen MR) is 124 cm³/mol. The van der Waals surface area contributed by atoms with Gasteiger partial charge in [-0.1, -0.05) is 23.2 Å². The number of amides is 1. The van der Waals surface area contributed by atoms with Crippen LogP contribution in [0.15, 0.2) is 45.7 Å². The zero-order valence-electron chi connectivity index (χ0n) is 17.6. The van der Waals surface area contributed by atoms with Gasteiger partial charge in [0.2, 0.25) is 10.0 Å². The second-order valence-corrected chi connectivity index (χ2v) is 10.7. The minimum absolute atomic E-state index is 0.0129. The van der Waals surface area contributed by atoms with Crippen molar-refractivity contribution in [1.29, 1.82) is 0 Å². The average molecular weight is 496 g/mol. The monoisotopic (exact) mass is 495 g/mol. The first-order chi connectivity index (χ1) is 15.1. The van der Waals surface area contributed by atoms with Crippen LogP contribution in [0.25, 0.3) is 11.1 Å². The summed E-state index contributed by atoms with van der Waals surface area (Å²) in [5.41, 5.74) is 1.57. The van der Waals surface area contributed by atoms with Gasteiger partial charge in [0, 0.05) is 30.1 Å². The number of hydrogen-bond acceptors (Lipinski definition) is 5. The van der Waals surface area contributed by atoms with Crippen molar-refractivity contribution in [3.63, 3.8) is 0 Å². The van der Waals surface area contributed by atoms with E-state index >= 15 is 0 Å². The van der Waals surface area contributed by atoms with Crippen molar-refractivity contribution in [1.82, 2.24) is 14.6 Å². The Balaban J connectivity index is 1.49. The van der Waals surface area contributed by atoms with Gasteiger partial charge in [0.15, 0.2) is 11.5 Å². The van der Waals surface area contributed by atoms with E-state index in [-0.39, 0.29) is 33.3 Å². The van der Waals surface area contributed by atoms with E-state index in [1.54, 1.807) is 36.9 Å². The lowest BCUT2D eigenvalue weighted by Gasteiger charge is -2.31. The summed E-state index contributed by atoms with van der Waals surface area (Å²) in [6.07, 6.45) is 1.35. The second kappa shape index (κ2) is 9.02. The first-order valence-corrected chi connectivity index (χ1v) is 12.5. The molecule has 3 aromatic rings. The van der Waals surface area contributed by atoms with Crippen LogP contribution in [0.4, 0.5) is 0 Å². The zero-order chi connectivity index (χ0) is 23.0. The maximum Gasteiger partial charge on any atom is 0.255 e. The number of fused-ring (bicyclic) bond motifs is 1. The number of halogens is 2. The summed E-state index contributed by atoms with van der Waals surface area (Å²) in [5.74, 6) is 0.433. The molecule has 0 unspecified atom stereocenters. The van der Waals surface area contributed by atoms with Gasteiger partial charge in [0.1, 0.15) is 5.52 Å². The normalized spacial score (nSPS) is 15.6. The van der Waals surface area contributed by atoms with Crippen molar-refractivity contribution in [2.24, 2.45) is 0 Å². The van der Waals surface area contributed by atoms with Crippen LogP contribution in [-0.4, -0.2) is 43.3 Å². The number of hydrogen-bond donors (Lipinski definition) is 1. The molecule has 0 spiro atoms. The van der Waals surface area contributed by atoms with Crippen molar-refractivity contribution in [3.05, 3.63) is 57.9 Å². The van der Waals surface area contributed by atoms with Gasteiger partial charge < -0.3 is 9.32 Å². The molecule has 1 aliphatic heterocycles. The molecule has 10 heteroatoms. The molecular weight excluding hydrogens is 473 g/mol. The highest BCUT2D eigenvalue weighted by Gasteiger charge is 2.29. The molecule has 1 saturated heterocycles. The molecule has 0 saturated carbocycles. The number of aromatic nitrogens is 1. The zero-order valence-corrected chi connectivity index (χ0v) is 20.0. The standard InChI is InChI=1S/C22H23Cl2N3O4S/c1-13(2)26-32(29,30)16-4-5-18(24)17(12-16)22(28)27-9-7-14(8-10-27)21-25-19-11-15(23)3-6-20(19)31-21/h3-6,11-14,26H,7-10H2,1-2H3. The maximum atomic E-state index is 13.1. The first kappa shape index (κ1) is 23.0. The molecule has 0 radical (unpaired) electrons. The van der Waals surface area contributed by atoms with E-state index in [1.165, 1.54) is 18.2 Å². The van der Waals surface area contributed by atoms with E-state index in [9.17, 15) is 13.2 Å². The third-order valence-electron chi connectivity index (χ3n) is 5.37. The lowest BCUT2D eigenvalue weighted by atomic mass is 9.96. The largest absolute Gasteiger partial charge is 0.440 e. The van der Waals surface area contributed by atoms with Gasteiger partial charge in [-0.15, -0.1) is 0 Å². The minimum Gasteiger partial charge on any atom is -0.440 e. The quantitative estimate of drug-likeness (QED) is 0.546. The molecule has 0 bridgehead atoms. The average Bonchev–Trinajstić information content (AvgIpc) is 3.16. The first-order valence-electron chi connectivity index (χ1n) is 10.3. The summed E-state index contributed by atoms with van der Waals surface area (Å²) in [6.45, 7) is 4.44. The Kier molecular flexibility index (Phi) is 6.49. The summed E-state index contributed by atoms with van der Waals surface area (Å²) in [6, 6.07) is 9.23. The van der Waals surface area contributed by atoms with Crippen LogP contribution in [0.2, 0.25) is 10.0 Å². The molecule has 1 aromatic heterocycles. The van der Waals surface area contributed by atoms with Crippen molar-refractivity contribution in [2.45, 2.75) is 43.5 Å². The number of sulfonamides is 1. The third kappa shape index (κ3) is 4.78. The van der Waals surface area contributed by atoms with Gasteiger partial charge in [0.05, 0.1) is 15.5 Å². The molecule has 1 N–H and O–H groups in total. The summed E-state index contributed by atoms with van der Waals surface area (Å²) >= 11 is 12.3. The molecule has 0 atom stereocenters. The Bertz CT molecular complexity index is 1270. The number of benzene rings is 2. The van der Waals surface area contributed by atoms with Crippen LogP contribution in [0.5, 0.6) is 0 Å². The molecule has 1 fully saturated rings. The van der Waals surface area contributed by atoms with Gasteiger partial charge in [-0.3, -0.25) is 4.79 Å². The van der Waals surface area contributed by atoms with E-state index in [1.807, 2.05) is 0 Å². The van der Waals surface area contributed by atoms with E-state index in [0.29, 0.717) is 47.9 Å². The second-order valence-electron chi connectivity index (χ2n) is 8.15. The fraction of sp³-hybridized carbons (Fsp3) is 0.364. The van der Waals surface area contributed by atoms with Gasteiger partial charge >= 0.3 is 0 Å². The van der Waals surface area contributed by atoms with Gasteiger partial charge in [-0.2, -0.15) is 0 Å². The maximum absolute atomic E-state index is 13.1. The molecule has 1 amide bonds. The van der Waals surface area contributed by atoms with Crippen LogP contribution in [-0.2, 0) is 10.0 Å². The highest BCUT2D eigenvalue weighted by Crippen LogP contribution is 2.32. The summed E-state index contributed by atoms with van der Waals surface area (Å²) in [5, 5.41) is 0.818. The van der Waals surface area contributed by atoms with Crippen LogP contribution >= 0.6 is 23.2 Å². The summed E-state index contributed by atoms with van der Waals surface area (Å²) in [4.78, 5) is 19.4. The molecule has 1 aliphatic rings. The molecular formula is C22H23Cl2N3O4S. The minimum atomic E-state index is -3.73. The number of oxazole rings is 1. The molecule has 32 heavy (non-hydrogen) atoms. The van der Waals surface area contributed by atoms with Crippen molar-refractivity contribution >= 4 is 50.2 Å². The van der Waals surface area contributed by atoms with Crippen LogP contribution in [0.3, 0.4) is 0 Å². The van der Waals surface area contributed by atoms with Gasteiger partial charge in [0.25, 0.3) is 5.91 Å². The third-order valence-corrected chi connectivity index (χ3v) is 7.59. The number of likely N-dealkylation sites (tertiary alicyclic amines) is 1. The fourth-order valence-electron chi connectivity index (χ4n) is 3.81. The number of carbonyl (C=O) groups is 1. The van der Waals surface area contributed by atoms with Gasteiger partial charge in [-0.25, -0.2) is 18.1 Å². The summed E-state index contributed by atoms with van der Waals surface area (Å²) < 4.78 is 33.4. The molecule has 2 heterocycles. The van der Waals surface area contributed by atoms with E-state index in [0.717, 1.165) is 0 Å². The smallest absolute Gasteiger partial charge is 0.255 e. The molecule has 4 rings (SSSR count).